The number of allylic oxidation sites excluding steroid dienone is 1. The van der Waals surface area contributed by atoms with Crippen LogP contribution in [0, 0.1) is 6.92 Å². The van der Waals surface area contributed by atoms with Gasteiger partial charge in [-0.3, -0.25) is 14.5 Å². The minimum atomic E-state index is -0.945. The lowest BCUT2D eigenvalue weighted by Gasteiger charge is -2.25. The van der Waals surface area contributed by atoms with Crippen molar-refractivity contribution in [1.82, 2.24) is 4.98 Å². The van der Waals surface area contributed by atoms with E-state index in [2.05, 4.69) is 0 Å². The number of amides is 1. The molecule has 1 amide bonds. The lowest BCUT2D eigenvalue weighted by Crippen LogP contribution is -2.30. The van der Waals surface area contributed by atoms with Crippen molar-refractivity contribution in [3.63, 3.8) is 0 Å². The van der Waals surface area contributed by atoms with Gasteiger partial charge in [0.2, 0.25) is 0 Å². The predicted octanol–water partition coefficient (Wildman–Crippen LogP) is 7.76. The Morgan fingerprint density at radius 1 is 0.955 bits per heavy atom. The minimum Gasteiger partial charge on any atom is -0.503 e. The first-order chi connectivity index (χ1) is 21.4. The van der Waals surface area contributed by atoms with Crippen molar-refractivity contribution in [3.05, 3.63) is 137 Å². The van der Waals surface area contributed by atoms with Gasteiger partial charge in [-0.05, 0) is 66.4 Å². The van der Waals surface area contributed by atoms with Crippen LogP contribution in [0.25, 0.3) is 16.3 Å². The van der Waals surface area contributed by atoms with Crippen LogP contribution in [0.4, 0.5) is 5.13 Å². The Labute approximate surface area is 259 Å². The molecule has 0 aliphatic carbocycles. The lowest BCUT2D eigenvalue weighted by atomic mass is 9.95. The van der Waals surface area contributed by atoms with Gasteiger partial charge in [0.05, 0.1) is 28.4 Å². The van der Waals surface area contributed by atoms with Crippen LogP contribution >= 0.6 is 11.3 Å². The van der Waals surface area contributed by atoms with Gasteiger partial charge in [0, 0.05) is 0 Å². The zero-order chi connectivity index (χ0) is 30.6. The monoisotopic (exact) mass is 602 g/mol. The van der Waals surface area contributed by atoms with E-state index in [1.165, 1.54) is 22.3 Å². The molecule has 1 N–H and O–H groups in total. The maximum absolute atomic E-state index is 13.7. The molecule has 220 valence electrons. The van der Waals surface area contributed by atoms with E-state index >= 15 is 0 Å². The first-order valence-electron chi connectivity index (χ1n) is 14.3. The number of rotatable bonds is 10. The molecule has 6 rings (SSSR count). The zero-order valence-electron chi connectivity index (χ0n) is 24.3. The topological polar surface area (TPSA) is 89.0 Å². The normalized spacial score (nSPS) is 15.0. The Morgan fingerprint density at radius 2 is 1.70 bits per heavy atom. The maximum Gasteiger partial charge on any atom is 0.296 e. The Morgan fingerprint density at radius 3 is 2.45 bits per heavy atom. The molecule has 44 heavy (non-hydrogen) atoms. The Bertz CT molecular complexity index is 1900. The molecule has 1 aromatic heterocycles. The molecule has 5 aromatic rings. The van der Waals surface area contributed by atoms with Crippen LogP contribution in [-0.2, 0) is 16.2 Å². The zero-order valence-corrected chi connectivity index (χ0v) is 25.1. The Kier molecular flexibility index (Phi) is 8.25. The van der Waals surface area contributed by atoms with E-state index in [4.69, 9.17) is 14.5 Å². The van der Waals surface area contributed by atoms with Crippen molar-refractivity contribution >= 4 is 44.5 Å². The summed E-state index contributed by atoms with van der Waals surface area (Å²) in [5.74, 6) is -0.784. The van der Waals surface area contributed by atoms with E-state index in [1.807, 2.05) is 92.7 Å². The molecular weight excluding hydrogens is 572 g/mol. The number of ether oxygens (including phenoxy) is 2. The number of hydrogen-bond donors (Lipinski definition) is 1. The number of aromatic nitrogens is 1. The van der Waals surface area contributed by atoms with Crippen LogP contribution in [0.5, 0.6) is 11.5 Å². The number of aliphatic hydroxyl groups excluding tert-OH is 1. The lowest BCUT2D eigenvalue weighted by molar-refractivity contribution is -0.117. The van der Waals surface area contributed by atoms with Crippen LogP contribution in [-0.4, -0.2) is 28.4 Å². The van der Waals surface area contributed by atoms with E-state index in [9.17, 15) is 14.7 Å². The molecular formula is C36H30N2O5S. The third-order valence-electron chi connectivity index (χ3n) is 7.26. The summed E-state index contributed by atoms with van der Waals surface area (Å²) >= 11 is 1.33. The van der Waals surface area contributed by atoms with E-state index in [0.717, 1.165) is 26.9 Å². The molecule has 8 heteroatoms. The van der Waals surface area contributed by atoms with Gasteiger partial charge in [-0.1, -0.05) is 90.2 Å². The average Bonchev–Trinajstić information content (AvgIpc) is 3.57. The third-order valence-corrected chi connectivity index (χ3v) is 8.28. The fraction of sp³-hybridized carbons (Fsp3) is 0.139. The van der Waals surface area contributed by atoms with Crippen molar-refractivity contribution in [2.75, 3.05) is 11.5 Å². The highest BCUT2D eigenvalue weighted by Crippen LogP contribution is 2.45. The standard InChI is InChI=1S/C36H30N2O5S/c1-3-42-30-21-26(16-19-29(30)43-22-25-12-8-5-9-13-25)33-32(28(39)18-15-24-10-6-4-7-11-24)34(40)35(41)38(33)36-37-27-17-14-23(2)20-31(27)44-36/h4-21,33,40H,3,22H2,1-2H3/b18-15+. The molecule has 4 aromatic carbocycles. The van der Waals surface area contributed by atoms with Gasteiger partial charge in [0.15, 0.2) is 28.2 Å². The van der Waals surface area contributed by atoms with Crippen LogP contribution < -0.4 is 14.4 Å². The number of benzene rings is 4. The molecule has 7 nitrogen and oxygen atoms in total. The summed E-state index contributed by atoms with van der Waals surface area (Å²) in [5.41, 5.74) is 4.16. The molecule has 0 spiro atoms. The van der Waals surface area contributed by atoms with E-state index < -0.39 is 23.5 Å². The summed E-state index contributed by atoms with van der Waals surface area (Å²) in [6.45, 7) is 4.58. The second-order valence-electron chi connectivity index (χ2n) is 10.3. The van der Waals surface area contributed by atoms with Gasteiger partial charge < -0.3 is 14.6 Å². The molecule has 1 aliphatic heterocycles. The van der Waals surface area contributed by atoms with E-state index in [-0.39, 0.29) is 5.57 Å². The Hall–Kier alpha value is -5.21. The van der Waals surface area contributed by atoms with Crippen LogP contribution in [0.1, 0.15) is 35.2 Å². The second-order valence-corrected chi connectivity index (χ2v) is 11.3. The van der Waals surface area contributed by atoms with Gasteiger partial charge >= 0.3 is 0 Å². The van der Waals surface area contributed by atoms with E-state index in [1.54, 1.807) is 24.3 Å². The van der Waals surface area contributed by atoms with Crippen molar-refractivity contribution in [1.29, 1.82) is 0 Å². The molecule has 1 atom stereocenters. The number of fused-ring (bicyclic) bond motifs is 1. The van der Waals surface area contributed by atoms with Crippen molar-refractivity contribution < 1.29 is 24.2 Å². The number of carbonyl (C=O) groups excluding carboxylic acids is 2. The van der Waals surface area contributed by atoms with Crippen LogP contribution in [0.15, 0.2) is 114 Å². The predicted molar refractivity (Wildman–Crippen MR) is 173 cm³/mol. The summed E-state index contributed by atoms with van der Waals surface area (Å²) in [7, 11) is 0. The third kappa shape index (κ3) is 5.85. The number of ketones is 1. The van der Waals surface area contributed by atoms with Gasteiger partial charge in [-0.15, -0.1) is 0 Å². The van der Waals surface area contributed by atoms with Crippen molar-refractivity contribution in [2.45, 2.75) is 26.5 Å². The number of anilines is 1. The van der Waals surface area contributed by atoms with Crippen LogP contribution in [0.2, 0.25) is 0 Å². The van der Waals surface area contributed by atoms with E-state index in [0.29, 0.717) is 35.4 Å². The van der Waals surface area contributed by atoms with Gasteiger partial charge in [-0.25, -0.2) is 4.98 Å². The highest BCUT2D eigenvalue weighted by Gasteiger charge is 2.45. The van der Waals surface area contributed by atoms with Gasteiger partial charge in [0.1, 0.15) is 6.61 Å². The number of aryl methyl sites for hydroxylation is 1. The molecule has 0 saturated carbocycles. The summed E-state index contributed by atoms with van der Waals surface area (Å²) in [6.07, 6.45) is 3.05. The van der Waals surface area contributed by atoms with Gasteiger partial charge in [-0.2, -0.15) is 0 Å². The summed E-state index contributed by atoms with van der Waals surface area (Å²) in [5, 5.41) is 11.6. The number of thiazole rings is 1. The molecule has 0 radical (unpaired) electrons. The number of carbonyl (C=O) groups is 2. The average molecular weight is 603 g/mol. The summed E-state index contributed by atoms with van der Waals surface area (Å²) in [6, 6.07) is 29.4. The highest BCUT2D eigenvalue weighted by atomic mass is 32.1. The maximum atomic E-state index is 13.7. The quantitative estimate of drug-likeness (QED) is 0.164. The largest absolute Gasteiger partial charge is 0.503 e. The Balaban J connectivity index is 1.42. The van der Waals surface area contributed by atoms with Gasteiger partial charge in [0.25, 0.3) is 5.91 Å². The molecule has 0 saturated heterocycles. The van der Waals surface area contributed by atoms with Crippen LogP contribution in [0.3, 0.4) is 0 Å². The smallest absolute Gasteiger partial charge is 0.296 e. The summed E-state index contributed by atoms with van der Waals surface area (Å²) in [4.78, 5) is 33.6. The minimum absolute atomic E-state index is 0.0296. The molecule has 0 fully saturated rings. The first-order valence-corrected chi connectivity index (χ1v) is 15.1. The second kappa shape index (κ2) is 12.6. The van der Waals surface area contributed by atoms with Crippen molar-refractivity contribution in [2.24, 2.45) is 0 Å². The highest BCUT2D eigenvalue weighted by molar-refractivity contribution is 7.22. The number of nitrogens with zero attached hydrogens (tertiary/aromatic N) is 2. The SMILES string of the molecule is CCOc1cc(C2C(C(=O)/C=C/c3ccccc3)=C(O)C(=O)N2c2nc3ccc(C)cc3s2)ccc1OCc1ccccc1. The fourth-order valence-electron chi connectivity index (χ4n) is 5.14. The number of aliphatic hydroxyl groups is 1. The summed E-state index contributed by atoms with van der Waals surface area (Å²) < 4.78 is 13.0. The number of hydrogen-bond acceptors (Lipinski definition) is 7. The molecule has 0 bridgehead atoms. The molecule has 1 aliphatic rings. The first kappa shape index (κ1) is 28.9. The fourth-order valence-corrected chi connectivity index (χ4v) is 6.23. The molecule has 2 heterocycles. The van der Waals surface area contributed by atoms with Crippen molar-refractivity contribution in [3.8, 4) is 11.5 Å². The molecule has 1 unspecified atom stereocenters.